The van der Waals surface area contributed by atoms with Crippen molar-refractivity contribution < 1.29 is 17.7 Å². The van der Waals surface area contributed by atoms with Crippen molar-refractivity contribution in [2.75, 3.05) is 0 Å². The Hall–Kier alpha value is -1.37. The summed E-state index contributed by atoms with van der Waals surface area (Å²) in [4.78, 5) is 12.2. The van der Waals surface area contributed by atoms with Gasteiger partial charge in [0.15, 0.2) is 15.6 Å². The van der Waals surface area contributed by atoms with Crippen LogP contribution in [0, 0.1) is 6.92 Å². The summed E-state index contributed by atoms with van der Waals surface area (Å²) in [5.41, 5.74) is 0.626. The van der Waals surface area contributed by atoms with E-state index in [2.05, 4.69) is 10.5 Å². The van der Waals surface area contributed by atoms with Crippen LogP contribution >= 0.6 is 0 Å². The minimum Gasteiger partial charge on any atom is -0.360 e. The van der Waals surface area contributed by atoms with Crippen LogP contribution in [0.4, 0.5) is 0 Å². The smallest absolute Gasteiger partial charge is 0.238 e. The van der Waals surface area contributed by atoms with Gasteiger partial charge in [-0.3, -0.25) is 4.79 Å². The van der Waals surface area contributed by atoms with Gasteiger partial charge in [-0.15, -0.1) is 0 Å². The molecule has 124 valence electrons. The van der Waals surface area contributed by atoms with Crippen LogP contribution in [-0.4, -0.2) is 30.8 Å². The molecule has 0 aliphatic heterocycles. The van der Waals surface area contributed by atoms with Gasteiger partial charge < -0.3 is 9.84 Å². The molecular formula is C15H24N2O4S. The Morgan fingerprint density at radius 2 is 2.00 bits per heavy atom. The third-order valence-corrected chi connectivity index (χ3v) is 6.11. The molecule has 1 saturated carbocycles. The van der Waals surface area contributed by atoms with Crippen molar-refractivity contribution in [2.45, 2.75) is 69.4 Å². The zero-order valence-corrected chi connectivity index (χ0v) is 14.0. The van der Waals surface area contributed by atoms with Crippen LogP contribution in [0.25, 0.3) is 0 Å². The Morgan fingerprint density at radius 1 is 1.36 bits per heavy atom. The van der Waals surface area contributed by atoms with E-state index in [1.54, 1.807) is 13.0 Å². The van der Waals surface area contributed by atoms with Crippen molar-refractivity contribution in [2.24, 2.45) is 0 Å². The van der Waals surface area contributed by atoms with Crippen molar-refractivity contribution in [1.29, 1.82) is 0 Å². The zero-order valence-electron chi connectivity index (χ0n) is 13.2. The van der Waals surface area contributed by atoms with Crippen LogP contribution < -0.4 is 5.32 Å². The second kappa shape index (κ2) is 7.26. The second-order valence-electron chi connectivity index (χ2n) is 6.08. The van der Waals surface area contributed by atoms with Crippen LogP contribution in [-0.2, 0) is 20.4 Å². The number of nitrogens with one attached hydrogen (secondary N) is 1. The first-order valence-electron chi connectivity index (χ1n) is 7.82. The average molecular weight is 328 g/mol. The summed E-state index contributed by atoms with van der Waals surface area (Å²) in [6.45, 7) is 3.16. The minimum absolute atomic E-state index is 0.0974. The first-order chi connectivity index (χ1) is 10.4. The molecule has 7 heteroatoms. The number of hydrogen-bond acceptors (Lipinski definition) is 5. The van der Waals surface area contributed by atoms with Gasteiger partial charge >= 0.3 is 0 Å². The Bertz CT molecular complexity index is 601. The summed E-state index contributed by atoms with van der Waals surface area (Å²) in [6, 6.07) is 1.67. The molecule has 1 amide bonds. The van der Waals surface area contributed by atoms with Gasteiger partial charge in [-0.25, -0.2) is 8.42 Å². The van der Waals surface area contributed by atoms with E-state index in [-0.39, 0.29) is 17.6 Å². The number of amides is 1. The number of carbonyl (C=O) groups excluding carboxylic acids is 1. The normalized spacial score (nSPS) is 18.6. The van der Waals surface area contributed by atoms with E-state index >= 15 is 0 Å². The number of aromatic nitrogens is 1. The lowest BCUT2D eigenvalue weighted by Crippen LogP contribution is -2.43. The van der Waals surface area contributed by atoms with E-state index in [9.17, 15) is 13.2 Å². The first kappa shape index (κ1) is 17.0. The summed E-state index contributed by atoms with van der Waals surface area (Å²) in [6.07, 6.45) is 6.41. The predicted molar refractivity (Wildman–Crippen MR) is 83.0 cm³/mol. The maximum Gasteiger partial charge on any atom is 0.238 e. The van der Waals surface area contributed by atoms with Gasteiger partial charge in [0, 0.05) is 12.1 Å². The molecule has 1 aliphatic rings. The van der Waals surface area contributed by atoms with Gasteiger partial charge in [-0.2, -0.15) is 0 Å². The highest BCUT2D eigenvalue weighted by Crippen LogP contribution is 2.18. The van der Waals surface area contributed by atoms with Gasteiger partial charge in [0.05, 0.1) is 5.69 Å². The lowest BCUT2D eigenvalue weighted by Gasteiger charge is -2.19. The molecule has 6 nitrogen and oxygen atoms in total. The molecule has 1 aromatic heterocycles. The van der Waals surface area contributed by atoms with Gasteiger partial charge in [0.2, 0.25) is 5.91 Å². The SMILES string of the molecule is Cc1cc(CS(=O)(=O)[C@H](C)C(=O)NC2CCCCCC2)on1. The van der Waals surface area contributed by atoms with Crippen LogP contribution in [0.5, 0.6) is 0 Å². The molecule has 1 heterocycles. The molecule has 0 spiro atoms. The Balaban J connectivity index is 1.95. The minimum atomic E-state index is -3.60. The molecule has 1 aliphatic carbocycles. The van der Waals surface area contributed by atoms with Crippen LogP contribution in [0.1, 0.15) is 56.9 Å². The van der Waals surface area contributed by atoms with Crippen molar-refractivity contribution in [3.8, 4) is 0 Å². The number of rotatable bonds is 5. The van der Waals surface area contributed by atoms with E-state index in [1.165, 1.54) is 19.8 Å². The number of nitrogens with zero attached hydrogens (tertiary/aromatic N) is 1. The summed E-state index contributed by atoms with van der Waals surface area (Å²) in [5, 5.41) is 5.48. The first-order valence-corrected chi connectivity index (χ1v) is 9.54. The zero-order chi connectivity index (χ0) is 16.2. The summed E-state index contributed by atoms with van der Waals surface area (Å²) in [7, 11) is -3.60. The van der Waals surface area contributed by atoms with Crippen LogP contribution in [0.3, 0.4) is 0 Å². The van der Waals surface area contributed by atoms with Gasteiger partial charge in [-0.05, 0) is 26.7 Å². The Labute approximate surface area is 131 Å². The fourth-order valence-electron chi connectivity index (χ4n) is 2.71. The van der Waals surface area contributed by atoms with Crippen molar-refractivity contribution in [3.05, 3.63) is 17.5 Å². The fourth-order valence-corrected chi connectivity index (χ4v) is 3.89. The third-order valence-electron chi connectivity index (χ3n) is 4.13. The van der Waals surface area contributed by atoms with Gasteiger partial charge in [-0.1, -0.05) is 30.8 Å². The second-order valence-corrected chi connectivity index (χ2v) is 8.40. The Kier molecular flexibility index (Phi) is 5.61. The standard InChI is InChI=1S/C15H24N2O4S/c1-11-9-14(21-17-11)10-22(19,20)12(2)15(18)16-13-7-5-3-4-6-8-13/h9,12-13H,3-8,10H2,1-2H3,(H,16,18)/t12-/m1/s1. The molecule has 0 saturated heterocycles. The number of hydrogen-bond donors (Lipinski definition) is 1. The molecule has 2 rings (SSSR count). The van der Waals surface area contributed by atoms with Crippen molar-refractivity contribution in [3.63, 3.8) is 0 Å². The monoisotopic (exact) mass is 328 g/mol. The molecular weight excluding hydrogens is 304 g/mol. The molecule has 22 heavy (non-hydrogen) atoms. The van der Waals surface area contributed by atoms with Gasteiger partial charge in [0.25, 0.3) is 0 Å². The maximum absolute atomic E-state index is 12.3. The van der Waals surface area contributed by atoms with E-state index in [1.807, 2.05) is 0 Å². The summed E-state index contributed by atoms with van der Waals surface area (Å²) >= 11 is 0. The molecule has 0 radical (unpaired) electrons. The topological polar surface area (TPSA) is 89.3 Å². The number of aryl methyl sites for hydroxylation is 1. The van der Waals surface area contributed by atoms with Gasteiger partial charge in [0.1, 0.15) is 11.0 Å². The maximum atomic E-state index is 12.3. The highest BCUT2D eigenvalue weighted by atomic mass is 32.2. The quantitative estimate of drug-likeness (QED) is 0.836. The van der Waals surface area contributed by atoms with E-state index in [0.29, 0.717) is 5.69 Å². The molecule has 0 bridgehead atoms. The summed E-state index contributed by atoms with van der Waals surface area (Å²) in [5.74, 6) is -0.442. The third kappa shape index (κ3) is 4.56. The number of sulfone groups is 1. The average Bonchev–Trinajstić information content (AvgIpc) is 2.70. The summed E-state index contributed by atoms with van der Waals surface area (Å²) < 4.78 is 29.6. The van der Waals surface area contributed by atoms with E-state index < -0.39 is 21.0 Å². The Morgan fingerprint density at radius 3 is 2.55 bits per heavy atom. The molecule has 1 aromatic rings. The molecule has 0 aromatic carbocycles. The van der Waals surface area contributed by atoms with Crippen LogP contribution in [0.15, 0.2) is 10.6 Å². The predicted octanol–water partition coefficient (Wildman–Crippen LogP) is 2.13. The van der Waals surface area contributed by atoms with E-state index in [4.69, 9.17) is 4.52 Å². The molecule has 1 atom stereocenters. The van der Waals surface area contributed by atoms with Crippen LogP contribution in [0.2, 0.25) is 0 Å². The van der Waals surface area contributed by atoms with E-state index in [0.717, 1.165) is 25.7 Å². The largest absolute Gasteiger partial charge is 0.360 e. The highest BCUT2D eigenvalue weighted by molar-refractivity contribution is 7.92. The lowest BCUT2D eigenvalue weighted by molar-refractivity contribution is -0.121. The molecule has 1 fully saturated rings. The lowest BCUT2D eigenvalue weighted by atomic mass is 10.1. The number of carbonyl (C=O) groups is 1. The molecule has 1 N–H and O–H groups in total. The van der Waals surface area contributed by atoms with Crippen molar-refractivity contribution in [1.82, 2.24) is 10.5 Å². The fraction of sp³-hybridized carbons (Fsp3) is 0.733. The van der Waals surface area contributed by atoms with Crippen molar-refractivity contribution >= 4 is 15.7 Å². The highest BCUT2D eigenvalue weighted by Gasteiger charge is 2.30. The molecule has 0 unspecified atom stereocenters.